The predicted octanol–water partition coefficient (Wildman–Crippen LogP) is 5.37. The van der Waals surface area contributed by atoms with Gasteiger partial charge in [0.2, 0.25) is 0 Å². The topological polar surface area (TPSA) is 30.2 Å². The average molecular weight is 354 g/mol. The highest BCUT2D eigenvalue weighted by molar-refractivity contribution is 6.33. The Kier molecular flexibility index (Phi) is 3.83. The van der Waals surface area contributed by atoms with Crippen molar-refractivity contribution in [3.63, 3.8) is 0 Å². The molecule has 0 aliphatic rings. The number of halogens is 4. The van der Waals surface area contributed by atoms with Gasteiger partial charge in [0.1, 0.15) is 5.02 Å². The molecule has 0 unspecified atom stereocenters. The van der Waals surface area contributed by atoms with Gasteiger partial charge in [0.15, 0.2) is 11.3 Å². The molecule has 0 spiro atoms. The molecule has 3 nitrogen and oxygen atoms in total. The van der Waals surface area contributed by atoms with Crippen LogP contribution in [0.2, 0.25) is 5.02 Å². The molecule has 0 radical (unpaired) electrons. The summed E-state index contributed by atoms with van der Waals surface area (Å²) in [4.78, 5) is 4.24. The minimum Gasteiger partial charge on any atom is -0.227 e. The van der Waals surface area contributed by atoms with Crippen LogP contribution in [-0.4, -0.2) is 14.6 Å². The summed E-state index contributed by atoms with van der Waals surface area (Å²) in [7, 11) is 0. The molecule has 0 saturated carbocycles. The largest absolute Gasteiger partial charge is 0.433 e. The number of nitrogens with zero attached hydrogens (tertiary/aromatic N) is 3. The van der Waals surface area contributed by atoms with Gasteiger partial charge < -0.3 is 0 Å². The highest BCUT2D eigenvalue weighted by atomic mass is 35.5. The molecule has 0 atom stereocenters. The molecule has 0 fully saturated rings. The smallest absolute Gasteiger partial charge is 0.227 e. The summed E-state index contributed by atoms with van der Waals surface area (Å²) >= 11 is 5.93. The first kappa shape index (κ1) is 16.8. The van der Waals surface area contributed by atoms with E-state index in [4.69, 9.17) is 11.6 Å². The van der Waals surface area contributed by atoms with Crippen molar-refractivity contribution >= 4 is 17.2 Å². The van der Waals surface area contributed by atoms with Crippen LogP contribution in [0.5, 0.6) is 0 Å². The first-order valence-corrected chi connectivity index (χ1v) is 7.67. The summed E-state index contributed by atoms with van der Waals surface area (Å²) in [5.41, 5.74) is 0.925. The molecule has 0 bridgehead atoms. The van der Waals surface area contributed by atoms with E-state index in [0.29, 0.717) is 5.56 Å². The average Bonchev–Trinajstić information content (AvgIpc) is 2.86. The van der Waals surface area contributed by atoms with Crippen molar-refractivity contribution in [2.45, 2.75) is 32.4 Å². The Morgan fingerprint density at radius 2 is 1.67 bits per heavy atom. The maximum absolute atomic E-state index is 13.3. The number of benzene rings is 1. The van der Waals surface area contributed by atoms with Gasteiger partial charge in [0.05, 0.1) is 11.9 Å². The third kappa shape index (κ3) is 2.98. The fourth-order valence-corrected chi connectivity index (χ4v) is 2.59. The minimum atomic E-state index is -4.56. The van der Waals surface area contributed by atoms with Crippen LogP contribution in [0.4, 0.5) is 13.2 Å². The van der Waals surface area contributed by atoms with Gasteiger partial charge in [0.25, 0.3) is 0 Å². The number of rotatable bonds is 1. The second kappa shape index (κ2) is 5.48. The van der Waals surface area contributed by atoms with Gasteiger partial charge >= 0.3 is 6.18 Å². The van der Waals surface area contributed by atoms with Gasteiger partial charge in [-0.15, -0.1) is 0 Å². The molecule has 0 saturated heterocycles. The van der Waals surface area contributed by atoms with E-state index < -0.39 is 11.9 Å². The monoisotopic (exact) mass is 353 g/mol. The second-order valence-electron chi connectivity index (χ2n) is 6.58. The first-order valence-electron chi connectivity index (χ1n) is 7.30. The van der Waals surface area contributed by atoms with Crippen molar-refractivity contribution in [1.29, 1.82) is 0 Å². The van der Waals surface area contributed by atoms with E-state index in [1.807, 2.05) is 12.1 Å². The molecule has 3 aromatic rings. The molecular weight excluding hydrogens is 339 g/mol. The Morgan fingerprint density at radius 3 is 2.21 bits per heavy atom. The Balaban J connectivity index is 2.18. The van der Waals surface area contributed by atoms with Crippen LogP contribution in [0.1, 0.15) is 32.0 Å². The zero-order valence-electron chi connectivity index (χ0n) is 13.3. The SMILES string of the molecule is CC(C)(C)c1ccc(-c2cc(C(F)(F)F)n3ncc(Cl)c3n2)cc1. The summed E-state index contributed by atoms with van der Waals surface area (Å²) in [5, 5.41) is 3.75. The summed E-state index contributed by atoms with van der Waals surface area (Å²) < 4.78 is 40.7. The normalized spacial score (nSPS) is 12.8. The summed E-state index contributed by atoms with van der Waals surface area (Å²) in [6.07, 6.45) is -3.40. The van der Waals surface area contributed by atoms with Crippen LogP contribution in [0.25, 0.3) is 16.9 Å². The molecule has 3 rings (SSSR count). The van der Waals surface area contributed by atoms with Crippen molar-refractivity contribution in [3.05, 3.63) is 52.8 Å². The lowest BCUT2D eigenvalue weighted by atomic mass is 9.86. The molecule has 7 heteroatoms. The molecule has 0 aliphatic carbocycles. The van der Waals surface area contributed by atoms with E-state index in [1.165, 1.54) is 0 Å². The summed E-state index contributed by atoms with van der Waals surface area (Å²) in [6, 6.07) is 8.31. The number of fused-ring (bicyclic) bond motifs is 1. The fourth-order valence-electron chi connectivity index (χ4n) is 2.43. The number of aromatic nitrogens is 3. The van der Waals surface area contributed by atoms with Crippen molar-refractivity contribution in [2.24, 2.45) is 0 Å². The van der Waals surface area contributed by atoms with Crippen molar-refractivity contribution in [1.82, 2.24) is 14.6 Å². The van der Waals surface area contributed by atoms with Crippen molar-refractivity contribution < 1.29 is 13.2 Å². The quantitative estimate of drug-likeness (QED) is 0.589. The molecule has 1 aromatic carbocycles. The van der Waals surface area contributed by atoms with Crippen LogP contribution in [0, 0.1) is 0 Å². The van der Waals surface area contributed by atoms with Crippen LogP contribution in [0.3, 0.4) is 0 Å². The van der Waals surface area contributed by atoms with Crippen LogP contribution < -0.4 is 0 Å². The summed E-state index contributed by atoms with van der Waals surface area (Å²) in [5.74, 6) is 0. The van der Waals surface area contributed by atoms with Gasteiger partial charge in [-0.05, 0) is 17.0 Å². The lowest BCUT2D eigenvalue weighted by Crippen LogP contribution is -2.14. The predicted molar refractivity (Wildman–Crippen MR) is 87.1 cm³/mol. The third-order valence-electron chi connectivity index (χ3n) is 3.77. The second-order valence-corrected chi connectivity index (χ2v) is 6.99. The number of hydrogen-bond acceptors (Lipinski definition) is 2. The van der Waals surface area contributed by atoms with E-state index in [-0.39, 0.29) is 21.8 Å². The molecule has 24 heavy (non-hydrogen) atoms. The molecule has 0 amide bonds. The number of hydrogen-bond donors (Lipinski definition) is 0. The molecule has 0 N–H and O–H groups in total. The molecule has 126 valence electrons. The lowest BCUT2D eigenvalue weighted by Gasteiger charge is -2.19. The Hall–Kier alpha value is -2.08. The van der Waals surface area contributed by atoms with E-state index in [9.17, 15) is 13.2 Å². The highest BCUT2D eigenvalue weighted by Crippen LogP contribution is 2.34. The molecule has 0 aliphatic heterocycles. The standard InChI is InChI=1S/C17H15ClF3N3/c1-16(2,3)11-6-4-10(5-7-11)13-8-14(17(19,20)21)24-15(23-13)12(18)9-22-24/h4-9H,1-3H3. The zero-order chi connectivity index (χ0) is 17.7. The van der Waals surface area contributed by atoms with E-state index >= 15 is 0 Å². The summed E-state index contributed by atoms with van der Waals surface area (Å²) in [6.45, 7) is 6.21. The molecule has 2 aromatic heterocycles. The third-order valence-corrected chi connectivity index (χ3v) is 4.03. The maximum atomic E-state index is 13.3. The molecule has 2 heterocycles. The van der Waals surface area contributed by atoms with Gasteiger partial charge in [-0.1, -0.05) is 56.6 Å². The van der Waals surface area contributed by atoms with Gasteiger partial charge in [-0.2, -0.15) is 18.3 Å². The molecular formula is C17H15ClF3N3. The maximum Gasteiger partial charge on any atom is 0.433 e. The highest BCUT2D eigenvalue weighted by Gasteiger charge is 2.35. The van der Waals surface area contributed by atoms with Gasteiger partial charge in [-0.3, -0.25) is 0 Å². The van der Waals surface area contributed by atoms with Crippen molar-refractivity contribution in [3.8, 4) is 11.3 Å². The Labute approximate surface area is 142 Å². The lowest BCUT2D eigenvalue weighted by molar-refractivity contribution is -0.142. The van der Waals surface area contributed by atoms with Gasteiger partial charge in [0, 0.05) is 5.56 Å². The minimum absolute atomic E-state index is 0.0126. The zero-order valence-corrected chi connectivity index (χ0v) is 14.1. The van der Waals surface area contributed by atoms with Crippen LogP contribution in [0.15, 0.2) is 36.5 Å². The first-order chi connectivity index (χ1) is 11.1. The number of alkyl halides is 3. The fraction of sp³-hybridized carbons (Fsp3) is 0.294. The van der Waals surface area contributed by atoms with Crippen LogP contribution >= 0.6 is 11.6 Å². The van der Waals surface area contributed by atoms with Gasteiger partial charge in [-0.25, -0.2) is 9.50 Å². The van der Waals surface area contributed by atoms with Crippen molar-refractivity contribution in [2.75, 3.05) is 0 Å². The Morgan fingerprint density at radius 1 is 1.04 bits per heavy atom. The Bertz CT molecular complexity index is 890. The van der Waals surface area contributed by atoms with E-state index in [0.717, 1.165) is 22.3 Å². The van der Waals surface area contributed by atoms with E-state index in [1.54, 1.807) is 12.1 Å². The van der Waals surface area contributed by atoms with E-state index in [2.05, 4.69) is 30.9 Å². The van der Waals surface area contributed by atoms with Crippen LogP contribution in [-0.2, 0) is 11.6 Å².